The van der Waals surface area contributed by atoms with E-state index in [0.717, 1.165) is 35.1 Å². The summed E-state index contributed by atoms with van der Waals surface area (Å²) in [5, 5.41) is 7.79. The van der Waals surface area contributed by atoms with E-state index >= 15 is 0 Å². The van der Waals surface area contributed by atoms with E-state index in [1.165, 1.54) is 11.1 Å². The molecule has 2 heterocycles. The lowest BCUT2D eigenvalue weighted by atomic mass is 9.68. The number of fused-ring (bicyclic) bond motifs is 1. The van der Waals surface area contributed by atoms with E-state index in [0.29, 0.717) is 11.6 Å². The summed E-state index contributed by atoms with van der Waals surface area (Å²) in [6.45, 7) is 0. The van der Waals surface area contributed by atoms with Crippen molar-refractivity contribution < 1.29 is 4.74 Å². The Bertz CT molecular complexity index is 1090. The third-order valence-electron chi connectivity index (χ3n) is 5.33. The first-order chi connectivity index (χ1) is 13.8. The van der Waals surface area contributed by atoms with Crippen LogP contribution in [0.5, 0.6) is 5.88 Å². The standard InChI is InChI=1S/C22H18N4OS/c1-27-21-20(25-28-26-21)19-17-12-13-22(14-18(17)23-24-19,15-8-4-2-5-9-15)16-10-6-3-7-11-16/h2-13H,14H2,1H3,(H,23,24). The highest BCUT2D eigenvalue weighted by Crippen LogP contribution is 2.43. The van der Waals surface area contributed by atoms with Crippen LogP contribution in [0.4, 0.5) is 0 Å². The van der Waals surface area contributed by atoms with Gasteiger partial charge < -0.3 is 4.74 Å². The minimum absolute atomic E-state index is 0.246. The van der Waals surface area contributed by atoms with Crippen molar-refractivity contribution in [2.45, 2.75) is 11.8 Å². The summed E-state index contributed by atoms with van der Waals surface area (Å²) in [6, 6.07) is 21.2. The van der Waals surface area contributed by atoms with Crippen molar-refractivity contribution in [3.05, 3.63) is 89.1 Å². The zero-order valence-electron chi connectivity index (χ0n) is 15.3. The van der Waals surface area contributed by atoms with Gasteiger partial charge >= 0.3 is 0 Å². The van der Waals surface area contributed by atoms with Crippen LogP contribution in [0.3, 0.4) is 0 Å². The van der Waals surface area contributed by atoms with Crippen molar-refractivity contribution in [2.24, 2.45) is 0 Å². The minimum atomic E-state index is -0.246. The van der Waals surface area contributed by atoms with Gasteiger partial charge in [0.05, 0.1) is 18.8 Å². The van der Waals surface area contributed by atoms with Gasteiger partial charge in [0.15, 0.2) is 5.69 Å². The first-order valence-electron chi connectivity index (χ1n) is 9.06. The van der Waals surface area contributed by atoms with E-state index in [1.54, 1.807) is 7.11 Å². The van der Waals surface area contributed by atoms with Gasteiger partial charge in [0, 0.05) is 23.1 Å². The van der Waals surface area contributed by atoms with Crippen LogP contribution in [0.25, 0.3) is 17.5 Å². The number of hydrogen-bond acceptors (Lipinski definition) is 5. The van der Waals surface area contributed by atoms with Gasteiger partial charge in [-0.3, -0.25) is 5.10 Å². The summed E-state index contributed by atoms with van der Waals surface area (Å²) in [5.41, 5.74) is 5.87. The highest BCUT2D eigenvalue weighted by atomic mass is 32.1. The molecule has 28 heavy (non-hydrogen) atoms. The van der Waals surface area contributed by atoms with Crippen LogP contribution < -0.4 is 4.74 Å². The van der Waals surface area contributed by atoms with Crippen LogP contribution in [0.2, 0.25) is 0 Å². The Morgan fingerprint density at radius 2 is 1.61 bits per heavy atom. The number of H-pyrrole nitrogens is 1. The highest BCUT2D eigenvalue weighted by molar-refractivity contribution is 6.99. The second-order valence-electron chi connectivity index (χ2n) is 6.80. The summed E-state index contributed by atoms with van der Waals surface area (Å²) in [5.74, 6) is 0.510. The monoisotopic (exact) mass is 386 g/mol. The normalized spacial score (nSPS) is 14.6. The Morgan fingerprint density at radius 1 is 0.929 bits per heavy atom. The van der Waals surface area contributed by atoms with Crippen LogP contribution in [0.15, 0.2) is 66.7 Å². The van der Waals surface area contributed by atoms with Crippen molar-refractivity contribution in [1.82, 2.24) is 18.9 Å². The second kappa shape index (κ2) is 6.73. The van der Waals surface area contributed by atoms with Crippen molar-refractivity contribution in [2.75, 3.05) is 7.11 Å². The summed E-state index contributed by atoms with van der Waals surface area (Å²) >= 11 is 1.13. The fraction of sp³-hybridized carbons (Fsp3) is 0.136. The summed E-state index contributed by atoms with van der Waals surface area (Å²) in [7, 11) is 1.60. The Morgan fingerprint density at radius 3 is 2.25 bits per heavy atom. The van der Waals surface area contributed by atoms with Crippen molar-refractivity contribution in [1.29, 1.82) is 0 Å². The Labute approximate surface area is 167 Å². The number of methoxy groups -OCH3 is 1. The van der Waals surface area contributed by atoms with E-state index in [1.807, 2.05) is 0 Å². The SMILES string of the molecule is COc1nsnc1-c1n[nH]c2c1C=CC(c1ccccc1)(c1ccccc1)C2. The number of hydrogen-bond donors (Lipinski definition) is 1. The fourth-order valence-electron chi connectivity index (χ4n) is 3.94. The molecule has 0 saturated carbocycles. The molecule has 1 aliphatic rings. The van der Waals surface area contributed by atoms with E-state index in [9.17, 15) is 0 Å². The van der Waals surface area contributed by atoms with Gasteiger partial charge in [-0.15, -0.1) is 4.37 Å². The molecule has 2 aromatic heterocycles. The summed E-state index contributed by atoms with van der Waals surface area (Å²) < 4.78 is 13.9. The van der Waals surface area contributed by atoms with Gasteiger partial charge in [0.2, 0.25) is 0 Å². The van der Waals surface area contributed by atoms with Gasteiger partial charge in [-0.2, -0.15) is 9.47 Å². The molecule has 0 unspecified atom stereocenters. The maximum absolute atomic E-state index is 5.34. The van der Waals surface area contributed by atoms with Crippen LogP contribution in [-0.2, 0) is 11.8 Å². The van der Waals surface area contributed by atoms with E-state index in [2.05, 4.69) is 91.8 Å². The molecule has 0 saturated heterocycles. The predicted molar refractivity (Wildman–Crippen MR) is 110 cm³/mol. The molecule has 138 valence electrons. The van der Waals surface area contributed by atoms with Crippen LogP contribution in [0, 0.1) is 0 Å². The van der Waals surface area contributed by atoms with Crippen molar-refractivity contribution in [3.8, 4) is 17.3 Å². The Balaban J connectivity index is 1.65. The number of aromatic nitrogens is 4. The molecule has 0 spiro atoms. The Kier molecular flexibility index (Phi) is 4.06. The summed E-state index contributed by atoms with van der Waals surface area (Å²) in [4.78, 5) is 0. The lowest BCUT2D eigenvalue weighted by molar-refractivity contribution is 0.403. The number of nitrogens with one attached hydrogen (secondary N) is 1. The lowest BCUT2D eigenvalue weighted by Gasteiger charge is -2.34. The molecule has 0 bridgehead atoms. The molecule has 0 aliphatic heterocycles. The second-order valence-corrected chi connectivity index (χ2v) is 7.33. The highest BCUT2D eigenvalue weighted by Gasteiger charge is 2.37. The van der Waals surface area contributed by atoms with Gasteiger partial charge in [-0.1, -0.05) is 72.8 Å². The Hall–Kier alpha value is -3.25. The maximum atomic E-state index is 5.34. The molecule has 1 aliphatic carbocycles. The number of allylic oxidation sites excluding steroid dienone is 1. The molecule has 2 aromatic carbocycles. The maximum Gasteiger partial charge on any atom is 0.255 e. The van der Waals surface area contributed by atoms with Gasteiger partial charge in [0.25, 0.3) is 5.88 Å². The van der Waals surface area contributed by atoms with Crippen LogP contribution >= 0.6 is 11.7 Å². The van der Waals surface area contributed by atoms with Crippen molar-refractivity contribution in [3.63, 3.8) is 0 Å². The molecule has 4 aromatic rings. The molecule has 1 N–H and O–H groups in total. The molecule has 0 atom stereocenters. The average Bonchev–Trinajstić information content (AvgIpc) is 3.40. The molecule has 5 nitrogen and oxygen atoms in total. The molecule has 0 amide bonds. The van der Waals surface area contributed by atoms with Crippen LogP contribution in [0.1, 0.15) is 22.4 Å². The van der Waals surface area contributed by atoms with E-state index in [-0.39, 0.29) is 5.41 Å². The zero-order chi connectivity index (χ0) is 19.0. The smallest absolute Gasteiger partial charge is 0.255 e. The molecule has 0 fully saturated rings. The molecular weight excluding hydrogens is 368 g/mol. The fourth-order valence-corrected chi connectivity index (χ4v) is 4.46. The first kappa shape index (κ1) is 16.9. The average molecular weight is 386 g/mol. The third-order valence-corrected chi connectivity index (χ3v) is 5.84. The quantitative estimate of drug-likeness (QED) is 0.561. The number of rotatable bonds is 4. The number of nitrogens with zero attached hydrogens (tertiary/aromatic N) is 3. The molecular formula is C22H18N4OS. The first-order valence-corrected chi connectivity index (χ1v) is 9.79. The zero-order valence-corrected chi connectivity index (χ0v) is 16.1. The number of aromatic amines is 1. The molecule has 5 rings (SSSR count). The summed E-state index contributed by atoms with van der Waals surface area (Å²) in [6.07, 6.45) is 5.22. The number of benzene rings is 2. The van der Waals surface area contributed by atoms with E-state index in [4.69, 9.17) is 4.74 Å². The van der Waals surface area contributed by atoms with Gasteiger partial charge in [-0.25, -0.2) is 0 Å². The third kappa shape index (κ3) is 2.57. The topological polar surface area (TPSA) is 63.7 Å². The van der Waals surface area contributed by atoms with Gasteiger partial charge in [-0.05, 0) is 11.1 Å². The van der Waals surface area contributed by atoms with Crippen molar-refractivity contribution >= 4 is 17.8 Å². The molecule has 6 heteroatoms. The predicted octanol–water partition coefficient (Wildman–Crippen LogP) is 4.49. The largest absolute Gasteiger partial charge is 0.479 e. The van der Waals surface area contributed by atoms with Crippen LogP contribution in [-0.4, -0.2) is 26.1 Å². The number of ether oxygens (including phenoxy) is 1. The van der Waals surface area contributed by atoms with E-state index < -0.39 is 0 Å². The minimum Gasteiger partial charge on any atom is -0.479 e. The lowest BCUT2D eigenvalue weighted by Crippen LogP contribution is -2.30. The molecule has 0 radical (unpaired) electrons. The van der Waals surface area contributed by atoms with Gasteiger partial charge in [0.1, 0.15) is 5.69 Å².